The SMILES string of the molecule is COCc1c(Cl)cccc1NC(=O)N1CCCC(C)C1CO. The molecule has 2 atom stereocenters. The second-order valence-corrected chi connectivity index (χ2v) is 6.10. The van der Waals surface area contributed by atoms with Crippen molar-refractivity contribution in [2.24, 2.45) is 5.92 Å². The van der Waals surface area contributed by atoms with Crippen molar-refractivity contribution < 1.29 is 14.6 Å². The summed E-state index contributed by atoms with van der Waals surface area (Å²) in [5, 5.41) is 13.0. The third kappa shape index (κ3) is 3.72. The van der Waals surface area contributed by atoms with Gasteiger partial charge in [0.25, 0.3) is 0 Å². The minimum absolute atomic E-state index is 0.0188. The molecule has 1 saturated heterocycles. The molecule has 1 aromatic rings. The van der Waals surface area contributed by atoms with Crippen molar-refractivity contribution >= 4 is 23.3 Å². The van der Waals surface area contributed by atoms with Gasteiger partial charge in [0, 0.05) is 29.9 Å². The predicted octanol–water partition coefficient (Wildman–Crippen LogP) is 3.11. The normalized spacial score (nSPS) is 21.7. The summed E-state index contributed by atoms with van der Waals surface area (Å²) in [4.78, 5) is 14.3. The van der Waals surface area contributed by atoms with Gasteiger partial charge in [0.05, 0.1) is 19.3 Å². The van der Waals surface area contributed by atoms with E-state index in [0.717, 1.165) is 18.4 Å². The molecular formula is C16H23ClN2O3. The Kier molecular flexibility index (Phi) is 6.06. The number of nitrogens with one attached hydrogen (secondary N) is 1. The molecule has 2 N–H and O–H groups in total. The van der Waals surface area contributed by atoms with Crippen molar-refractivity contribution in [1.82, 2.24) is 4.90 Å². The topological polar surface area (TPSA) is 61.8 Å². The van der Waals surface area contributed by atoms with E-state index in [-0.39, 0.29) is 18.7 Å². The molecule has 1 aliphatic rings. The highest BCUT2D eigenvalue weighted by atomic mass is 35.5. The van der Waals surface area contributed by atoms with Crippen LogP contribution in [0.3, 0.4) is 0 Å². The molecule has 1 heterocycles. The number of aliphatic hydroxyl groups excluding tert-OH is 1. The number of likely N-dealkylation sites (tertiary alicyclic amines) is 1. The van der Waals surface area contributed by atoms with Gasteiger partial charge >= 0.3 is 6.03 Å². The number of methoxy groups -OCH3 is 1. The van der Waals surface area contributed by atoms with Gasteiger partial charge in [-0.1, -0.05) is 24.6 Å². The highest BCUT2D eigenvalue weighted by molar-refractivity contribution is 6.31. The lowest BCUT2D eigenvalue weighted by Gasteiger charge is -2.39. The van der Waals surface area contributed by atoms with Gasteiger partial charge in [0.2, 0.25) is 0 Å². The first-order chi connectivity index (χ1) is 10.6. The summed E-state index contributed by atoms with van der Waals surface area (Å²) in [6.07, 6.45) is 1.98. The zero-order chi connectivity index (χ0) is 16.1. The highest BCUT2D eigenvalue weighted by Crippen LogP contribution is 2.27. The summed E-state index contributed by atoms with van der Waals surface area (Å²) in [5.74, 6) is 0.294. The van der Waals surface area contributed by atoms with E-state index in [1.165, 1.54) is 0 Å². The Morgan fingerprint density at radius 1 is 1.55 bits per heavy atom. The van der Waals surface area contributed by atoms with Crippen LogP contribution in [0.15, 0.2) is 18.2 Å². The largest absolute Gasteiger partial charge is 0.394 e. The van der Waals surface area contributed by atoms with E-state index >= 15 is 0 Å². The van der Waals surface area contributed by atoms with Crippen molar-refractivity contribution in [3.63, 3.8) is 0 Å². The van der Waals surface area contributed by atoms with E-state index in [1.54, 1.807) is 30.2 Å². The summed E-state index contributed by atoms with van der Waals surface area (Å²) in [6.45, 7) is 3.03. The lowest BCUT2D eigenvalue weighted by Crippen LogP contribution is -2.51. The van der Waals surface area contributed by atoms with Gasteiger partial charge in [0.1, 0.15) is 0 Å². The number of urea groups is 1. The molecule has 1 aromatic carbocycles. The fourth-order valence-corrected chi connectivity index (χ4v) is 3.16. The Morgan fingerprint density at radius 3 is 3.00 bits per heavy atom. The molecule has 1 fully saturated rings. The van der Waals surface area contributed by atoms with E-state index in [4.69, 9.17) is 16.3 Å². The van der Waals surface area contributed by atoms with Crippen molar-refractivity contribution in [2.75, 3.05) is 25.6 Å². The summed E-state index contributed by atoms with van der Waals surface area (Å²) >= 11 is 6.17. The van der Waals surface area contributed by atoms with Crippen LogP contribution < -0.4 is 5.32 Å². The molecule has 6 heteroatoms. The Morgan fingerprint density at radius 2 is 2.32 bits per heavy atom. The van der Waals surface area contributed by atoms with Crippen LogP contribution >= 0.6 is 11.6 Å². The van der Waals surface area contributed by atoms with E-state index in [0.29, 0.717) is 29.8 Å². The van der Waals surface area contributed by atoms with Crippen LogP contribution in [-0.4, -0.2) is 42.3 Å². The molecule has 0 radical (unpaired) electrons. The number of carbonyl (C=O) groups is 1. The standard InChI is InChI=1S/C16H23ClN2O3/c1-11-5-4-8-19(15(11)9-20)16(21)18-14-7-3-6-13(17)12(14)10-22-2/h3,6-7,11,15,20H,4-5,8-10H2,1-2H3,(H,18,21). The number of benzene rings is 1. The molecule has 5 nitrogen and oxygen atoms in total. The number of aliphatic hydroxyl groups is 1. The Labute approximate surface area is 136 Å². The molecule has 1 aliphatic heterocycles. The number of rotatable bonds is 4. The second-order valence-electron chi connectivity index (χ2n) is 5.69. The number of ether oxygens (including phenoxy) is 1. The van der Waals surface area contributed by atoms with Crippen LogP contribution in [0.4, 0.5) is 10.5 Å². The summed E-state index contributed by atoms with van der Waals surface area (Å²) in [6, 6.07) is 5.02. The molecule has 2 unspecified atom stereocenters. The molecule has 0 saturated carbocycles. The number of piperidine rings is 1. The number of hydrogen-bond donors (Lipinski definition) is 2. The number of hydrogen-bond acceptors (Lipinski definition) is 3. The fraction of sp³-hybridized carbons (Fsp3) is 0.562. The second kappa shape index (κ2) is 7.81. The maximum absolute atomic E-state index is 12.6. The molecule has 22 heavy (non-hydrogen) atoms. The van der Waals surface area contributed by atoms with E-state index < -0.39 is 0 Å². The lowest BCUT2D eigenvalue weighted by molar-refractivity contribution is 0.0811. The molecule has 0 aromatic heterocycles. The van der Waals surface area contributed by atoms with Gasteiger partial charge in [-0.25, -0.2) is 4.79 Å². The molecule has 122 valence electrons. The summed E-state index contributed by atoms with van der Waals surface area (Å²) in [5.41, 5.74) is 1.40. The Hall–Kier alpha value is -1.30. The van der Waals surface area contributed by atoms with Gasteiger partial charge in [-0.15, -0.1) is 0 Å². The zero-order valence-electron chi connectivity index (χ0n) is 13.0. The van der Waals surface area contributed by atoms with Gasteiger partial charge in [-0.05, 0) is 30.9 Å². The highest BCUT2D eigenvalue weighted by Gasteiger charge is 2.31. The number of halogens is 1. The average Bonchev–Trinajstić information content (AvgIpc) is 2.50. The van der Waals surface area contributed by atoms with Crippen molar-refractivity contribution in [2.45, 2.75) is 32.4 Å². The third-order valence-electron chi connectivity index (χ3n) is 4.21. The number of carbonyl (C=O) groups excluding carboxylic acids is 1. The molecule has 2 amide bonds. The zero-order valence-corrected chi connectivity index (χ0v) is 13.8. The minimum atomic E-state index is -0.204. The molecule has 0 aliphatic carbocycles. The average molecular weight is 327 g/mol. The van der Waals surface area contributed by atoms with Crippen LogP contribution in [0.25, 0.3) is 0 Å². The first-order valence-corrected chi connectivity index (χ1v) is 7.91. The Bertz CT molecular complexity index is 524. The van der Waals surface area contributed by atoms with Crippen LogP contribution in [0.2, 0.25) is 5.02 Å². The number of anilines is 1. The number of amides is 2. The first-order valence-electron chi connectivity index (χ1n) is 7.53. The van der Waals surface area contributed by atoms with Gasteiger partial charge in [-0.3, -0.25) is 0 Å². The maximum Gasteiger partial charge on any atom is 0.322 e. The van der Waals surface area contributed by atoms with E-state index in [9.17, 15) is 9.90 Å². The molecule has 0 spiro atoms. The molecular weight excluding hydrogens is 304 g/mol. The quantitative estimate of drug-likeness (QED) is 0.893. The monoisotopic (exact) mass is 326 g/mol. The van der Waals surface area contributed by atoms with Crippen molar-refractivity contribution in [3.05, 3.63) is 28.8 Å². The lowest BCUT2D eigenvalue weighted by atomic mass is 9.91. The van der Waals surface area contributed by atoms with E-state index in [2.05, 4.69) is 12.2 Å². The van der Waals surface area contributed by atoms with Crippen molar-refractivity contribution in [1.29, 1.82) is 0 Å². The fourth-order valence-electron chi connectivity index (χ4n) is 2.93. The molecule has 0 bridgehead atoms. The maximum atomic E-state index is 12.6. The third-order valence-corrected chi connectivity index (χ3v) is 4.57. The minimum Gasteiger partial charge on any atom is -0.394 e. The van der Waals surface area contributed by atoms with Crippen LogP contribution in [0.1, 0.15) is 25.3 Å². The summed E-state index contributed by atoms with van der Waals surface area (Å²) < 4.78 is 5.15. The first kappa shape index (κ1) is 17.1. The van der Waals surface area contributed by atoms with Crippen LogP contribution in [0.5, 0.6) is 0 Å². The van der Waals surface area contributed by atoms with Gasteiger partial charge in [0.15, 0.2) is 0 Å². The Balaban J connectivity index is 2.16. The smallest absolute Gasteiger partial charge is 0.322 e. The van der Waals surface area contributed by atoms with Crippen LogP contribution in [-0.2, 0) is 11.3 Å². The van der Waals surface area contributed by atoms with Gasteiger partial charge < -0.3 is 20.1 Å². The molecule has 2 rings (SSSR count). The van der Waals surface area contributed by atoms with Crippen molar-refractivity contribution in [3.8, 4) is 0 Å². The predicted molar refractivity (Wildman–Crippen MR) is 87.2 cm³/mol. The number of nitrogens with zero attached hydrogens (tertiary/aromatic N) is 1. The van der Waals surface area contributed by atoms with Crippen LogP contribution in [0, 0.1) is 5.92 Å². The van der Waals surface area contributed by atoms with Gasteiger partial charge in [-0.2, -0.15) is 0 Å². The van der Waals surface area contributed by atoms with E-state index in [1.807, 2.05) is 0 Å². The summed E-state index contributed by atoms with van der Waals surface area (Å²) in [7, 11) is 1.59.